The van der Waals surface area contributed by atoms with E-state index in [4.69, 9.17) is 4.74 Å². The summed E-state index contributed by atoms with van der Waals surface area (Å²) >= 11 is 0. The van der Waals surface area contributed by atoms with E-state index in [1.54, 1.807) is 4.90 Å². The molecular weight excluding hydrogens is 270 g/mol. The fourth-order valence-corrected chi connectivity index (χ4v) is 3.59. The normalized spacial score (nSPS) is 31.9. The quantitative estimate of drug-likeness (QED) is 0.820. The first-order valence-electron chi connectivity index (χ1n) is 8.04. The maximum atomic E-state index is 12.6. The molecule has 3 fully saturated rings. The number of fused-ring (bicyclic) bond motifs is 2. The van der Waals surface area contributed by atoms with Gasteiger partial charge in [0.1, 0.15) is 0 Å². The average molecular weight is 295 g/mol. The van der Waals surface area contributed by atoms with Gasteiger partial charge in [0.05, 0.1) is 18.1 Å². The maximum Gasteiger partial charge on any atom is 0.317 e. The van der Waals surface area contributed by atoms with Crippen LogP contribution in [0.1, 0.15) is 33.1 Å². The van der Waals surface area contributed by atoms with Crippen LogP contribution in [0.5, 0.6) is 0 Å². The minimum Gasteiger partial charge on any atom is -0.370 e. The molecule has 6 heteroatoms. The van der Waals surface area contributed by atoms with Gasteiger partial charge < -0.3 is 19.9 Å². The zero-order chi connectivity index (χ0) is 15.0. The summed E-state index contributed by atoms with van der Waals surface area (Å²) in [5.74, 6) is 0.163. The SMILES string of the molecule is CC(C)NC(=O)N1C[C@H]2C[C@H](C(=O)N3CCCC3)[C@@H](C1)O2. The predicted octanol–water partition coefficient (Wildman–Crippen LogP) is 0.816. The van der Waals surface area contributed by atoms with E-state index in [-0.39, 0.29) is 36.1 Å². The number of carbonyl (C=O) groups is 2. The Kier molecular flexibility index (Phi) is 4.06. The third kappa shape index (κ3) is 3.00. The molecule has 3 aliphatic rings. The molecule has 6 nitrogen and oxygen atoms in total. The molecule has 21 heavy (non-hydrogen) atoms. The number of ether oxygens (including phenoxy) is 1. The van der Waals surface area contributed by atoms with E-state index >= 15 is 0 Å². The molecule has 3 aliphatic heterocycles. The molecule has 0 aromatic carbocycles. The van der Waals surface area contributed by atoms with Crippen LogP contribution in [0.4, 0.5) is 4.79 Å². The Hall–Kier alpha value is -1.30. The van der Waals surface area contributed by atoms with Gasteiger partial charge in [0, 0.05) is 32.2 Å². The lowest BCUT2D eigenvalue weighted by molar-refractivity contribution is -0.137. The third-order valence-corrected chi connectivity index (χ3v) is 4.59. The second kappa shape index (κ2) is 5.83. The van der Waals surface area contributed by atoms with Crippen molar-refractivity contribution in [3.8, 4) is 0 Å². The monoisotopic (exact) mass is 295 g/mol. The Morgan fingerprint density at radius 3 is 2.52 bits per heavy atom. The van der Waals surface area contributed by atoms with Crippen molar-refractivity contribution in [3.63, 3.8) is 0 Å². The molecule has 0 radical (unpaired) electrons. The minimum atomic E-state index is -0.130. The molecule has 0 aromatic rings. The van der Waals surface area contributed by atoms with Crippen molar-refractivity contribution in [3.05, 3.63) is 0 Å². The van der Waals surface area contributed by atoms with Crippen molar-refractivity contribution in [2.24, 2.45) is 5.92 Å². The van der Waals surface area contributed by atoms with Crippen LogP contribution in [-0.4, -0.2) is 66.2 Å². The van der Waals surface area contributed by atoms with Crippen molar-refractivity contribution in [1.29, 1.82) is 0 Å². The molecule has 2 bridgehead atoms. The summed E-state index contributed by atoms with van der Waals surface area (Å²) in [4.78, 5) is 28.5. The fourth-order valence-electron chi connectivity index (χ4n) is 3.59. The standard InChI is InChI=1S/C15H25N3O3/c1-10(2)16-15(20)18-8-11-7-12(13(9-18)21-11)14(19)17-5-3-4-6-17/h10-13H,3-9H2,1-2H3,(H,16,20)/t11-,12+,13-/m1/s1. The number of morpholine rings is 1. The molecule has 0 saturated carbocycles. The molecule has 1 N–H and O–H groups in total. The van der Waals surface area contributed by atoms with E-state index in [0.29, 0.717) is 13.1 Å². The average Bonchev–Trinajstić information content (AvgIpc) is 3.05. The van der Waals surface area contributed by atoms with Crippen LogP contribution in [0.2, 0.25) is 0 Å². The Morgan fingerprint density at radius 1 is 1.14 bits per heavy atom. The van der Waals surface area contributed by atoms with Crippen LogP contribution in [0.15, 0.2) is 0 Å². The van der Waals surface area contributed by atoms with E-state index in [9.17, 15) is 9.59 Å². The molecule has 3 amide bonds. The molecule has 118 valence electrons. The predicted molar refractivity (Wildman–Crippen MR) is 77.8 cm³/mol. The number of rotatable bonds is 2. The number of likely N-dealkylation sites (tertiary alicyclic amines) is 2. The number of hydrogen-bond acceptors (Lipinski definition) is 3. The van der Waals surface area contributed by atoms with Crippen molar-refractivity contribution < 1.29 is 14.3 Å². The minimum absolute atomic E-state index is 0.0122. The molecule has 0 spiro atoms. The van der Waals surface area contributed by atoms with Gasteiger partial charge in [-0.15, -0.1) is 0 Å². The lowest BCUT2D eigenvalue weighted by Gasteiger charge is -2.33. The molecule has 0 unspecified atom stereocenters. The molecule has 3 rings (SSSR count). The Morgan fingerprint density at radius 2 is 1.86 bits per heavy atom. The highest BCUT2D eigenvalue weighted by Gasteiger charge is 2.47. The number of amides is 3. The van der Waals surface area contributed by atoms with Crippen LogP contribution in [0, 0.1) is 5.92 Å². The van der Waals surface area contributed by atoms with Gasteiger partial charge in [-0.25, -0.2) is 4.79 Å². The van der Waals surface area contributed by atoms with Crippen LogP contribution in [0.25, 0.3) is 0 Å². The van der Waals surface area contributed by atoms with Crippen LogP contribution < -0.4 is 5.32 Å². The zero-order valence-electron chi connectivity index (χ0n) is 12.9. The third-order valence-electron chi connectivity index (χ3n) is 4.59. The highest BCUT2D eigenvalue weighted by molar-refractivity contribution is 5.81. The summed E-state index contributed by atoms with van der Waals surface area (Å²) in [7, 11) is 0. The van der Waals surface area contributed by atoms with Crippen molar-refractivity contribution in [2.45, 2.75) is 51.4 Å². The van der Waals surface area contributed by atoms with Crippen LogP contribution in [-0.2, 0) is 9.53 Å². The van der Waals surface area contributed by atoms with Crippen molar-refractivity contribution in [2.75, 3.05) is 26.2 Å². The number of nitrogens with one attached hydrogen (secondary N) is 1. The van der Waals surface area contributed by atoms with Crippen LogP contribution in [0.3, 0.4) is 0 Å². The number of carbonyl (C=O) groups excluding carboxylic acids is 2. The molecular formula is C15H25N3O3. The van der Waals surface area contributed by atoms with E-state index in [0.717, 1.165) is 32.4 Å². The Balaban J connectivity index is 1.62. The number of nitrogens with zero attached hydrogens (tertiary/aromatic N) is 2. The number of hydrogen-bond donors (Lipinski definition) is 1. The van der Waals surface area contributed by atoms with Gasteiger partial charge in [0.15, 0.2) is 0 Å². The summed E-state index contributed by atoms with van der Waals surface area (Å²) in [6.07, 6.45) is 2.85. The summed E-state index contributed by atoms with van der Waals surface area (Å²) in [6, 6.07) is 0.0811. The summed E-state index contributed by atoms with van der Waals surface area (Å²) in [5, 5.41) is 2.92. The van der Waals surface area contributed by atoms with Gasteiger partial charge in [-0.1, -0.05) is 0 Å². The molecule has 3 heterocycles. The fraction of sp³-hybridized carbons (Fsp3) is 0.867. The first-order valence-corrected chi connectivity index (χ1v) is 8.04. The van der Waals surface area contributed by atoms with Crippen LogP contribution >= 0.6 is 0 Å². The van der Waals surface area contributed by atoms with Gasteiger partial charge in [-0.05, 0) is 33.1 Å². The summed E-state index contributed by atoms with van der Waals surface area (Å²) in [5.41, 5.74) is 0. The largest absolute Gasteiger partial charge is 0.370 e. The smallest absolute Gasteiger partial charge is 0.317 e. The highest BCUT2D eigenvalue weighted by atomic mass is 16.5. The summed E-state index contributed by atoms with van der Waals surface area (Å²) < 4.78 is 5.91. The topological polar surface area (TPSA) is 61.9 Å². The second-order valence-electron chi connectivity index (χ2n) is 6.68. The van der Waals surface area contributed by atoms with Crippen molar-refractivity contribution >= 4 is 11.9 Å². The van der Waals surface area contributed by atoms with E-state index in [1.807, 2.05) is 18.7 Å². The highest BCUT2D eigenvalue weighted by Crippen LogP contribution is 2.33. The number of urea groups is 1. The van der Waals surface area contributed by atoms with Gasteiger partial charge in [-0.3, -0.25) is 4.79 Å². The van der Waals surface area contributed by atoms with Gasteiger partial charge in [-0.2, -0.15) is 0 Å². The molecule has 0 aromatic heterocycles. The Labute approximate surface area is 125 Å². The van der Waals surface area contributed by atoms with Crippen molar-refractivity contribution in [1.82, 2.24) is 15.1 Å². The van der Waals surface area contributed by atoms with Gasteiger partial charge in [0.25, 0.3) is 0 Å². The second-order valence-corrected chi connectivity index (χ2v) is 6.68. The Bertz CT molecular complexity index is 420. The van der Waals surface area contributed by atoms with Gasteiger partial charge >= 0.3 is 6.03 Å². The van der Waals surface area contributed by atoms with Gasteiger partial charge in [0.2, 0.25) is 5.91 Å². The first-order chi connectivity index (χ1) is 10.0. The van der Waals surface area contributed by atoms with E-state index in [1.165, 1.54) is 0 Å². The lowest BCUT2D eigenvalue weighted by Crippen LogP contribution is -2.52. The lowest BCUT2D eigenvalue weighted by atomic mass is 9.99. The van der Waals surface area contributed by atoms with E-state index < -0.39 is 0 Å². The zero-order valence-corrected chi connectivity index (χ0v) is 12.9. The first kappa shape index (κ1) is 14.6. The molecule has 3 saturated heterocycles. The maximum absolute atomic E-state index is 12.6. The van der Waals surface area contributed by atoms with E-state index in [2.05, 4.69) is 5.32 Å². The molecule has 3 atom stereocenters. The molecule has 0 aliphatic carbocycles. The summed E-state index contributed by atoms with van der Waals surface area (Å²) in [6.45, 7) is 6.78.